The summed E-state index contributed by atoms with van der Waals surface area (Å²) in [6, 6.07) is 6.37. The average molecular weight is 431 g/mol. The molecule has 1 aromatic heterocycles. The van der Waals surface area contributed by atoms with Crippen LogP contribution in [0.25, 0.3) is 11.3 Å². The number of dihydropyridines is 1. The molecule has 1 N–H and O–H groups in total. The Morgan fingerprint density at radius 2 is 1.45 bits per heavy atom. The number of rotatable bonds is 6. The van der Waals surface area contributed by atoms with Gasteiger partial charge in [-0.15, -0.1) is 0 Å². The zero-order valence-corrected chi connectivity index (χ0v) is 17.7. The monoisotopic (exact) mass is 431 g/mol. The van der Waals surface area contributed by atoms with Crippen LogP contribution in [0.1, 0.15) is 39.4 Å². The molecule has 2 aromatic rings. The summed E-state index contributed by atoms with van der Waals surface area (Å²) in [5, 5.41) is 3.01. The fourth-order valence-corrected chi connectivity index (χ4v) is 3.61. The smallest absolute Gasteiger partial charge is 0.336 e. The van der Waals surface area contributed by atoms with E-state index in [2.05, 4.69) is 5.32 Å². The van der Waals surface area contributed by atoms with Gasteiger partial charge in [-0.3, -0.25) is 0 Å². The summed E-state index contributed by atoms with van der Waals surface area (Å²) in [4.78, 5) is 25.5. The number of halogens is 2. The van der Waals surface area contributed by atoms with Crippen LogP contribution in [0.2, 0.25) is 0 Å². The number of carbonyl (C=O) groups excluding carboxylic acids is 2. The number of allylic oxidation sites excluding steroid dienone is 2. The van der Waals surface area contributed by atoms with Crippen molar-refractivity contribution in [1.29, 1.82) is 0 Å². The van der Waals surface area contributed by atoms with E-state index in [0.717, 1.165) is 12.1 Å². The van der Waals surface area contributed by atoms with E-state index in [4.69, 9.17) is 13.9 Å². The van der Waals surface area contributed by atoms with Gasteiger partial charge < -0.3 is 19.2 Å². The number of hydrogen-bond acceptors (Lipinski definition) is 6. The maximum Gasteiger partial charge on any atom is 0.336 e. The van der Waals surface area contributed by atoms with Gasteiger partial charge in [-0.2, -0.15) is 0 Å². The molecule has 0 fully saturated rings. The average Bonchev–Trinajstić information content (AvgIpc) is 3.16. The number of furan rings is 1. The molecule has 3 rings (SSSR count). The van der Waals surface area contributed by atoms with Crippen molar-refractivity contribution in [3.63, 3.8) is 0 Å². The molecule has 6 nitrogen and oxygen atoms in total. The third-order valence-corrected chi connectivity index (χ3v) is 4.87. The zero-order valence-electron chi connectivity index (χ0n) is 17.7. The van der Waals surface area contributed by atoms with Crippen molar-refractivity contribution in [1.82, 2.24) is 5.32 Å². The van der Waals surface area contributed by atoms with Crippen LogP contribution in [0.3, 0.4) is 0 Å². The van der Waals surface area contributed by atoms with E-state index in [9.17, 15) is 18.4 Å². The quantitative estimate of drug-likeness (QED) is 0.675. The summed E-state index contributed by atoms with van der Waals surface area (Å²) in [7, 11) is 0. The SMILES string of the molecule is CCOC(=O)C1=C(C)NC(C)=C(C(=O)OCC)C1c1ccc(-c2c(F)cccc2F)o1. The molecule has 1 aliphatic heterocycles. The van der Waals surface area contributed by atoms with Gasteiger partial charge >= 0.3 is 11.9 Å². The molecule has 0 aliphatic carbocycles. The molecule has 0 saturated heterocycles. The summed E-state index contributed by atoms with van der Waals surface area (Å²) in [6.45, 7) is 6.93. The highest BCUT2D eigenvalue weighted by Gasteiger charge is 2.40. The predicted molar refractivity (Wildman–Crippen MR) is 109 cm³/mol. The minimum atomic E-state index is -0.970. The van der Waals surface area contributed by atoms with Crippen LogP contribution in [-0.4, -0.2) is 25.2 Å². The second-order valence-corrected chi connectivity index (χ2v) is 6.87. The standard InChI is InChI=1S/C23H23F2NO5/c1-5-29-22(27)18-12(3)26-13(4)19(23(28)30-6-2)21(18)17-11-10-16(31-17)20-14(24)8-7-9-15(20)25/h7-11,21,26H,5-6H2,1-4H3. The van der Waals surface area contributed by atoms with Crippen molar-refractivity contribution < 1.29 is 32.3 Å². The lowest BCUT2D eigenvalue weighted by Gasteiger charge is -2.28. The first-order valence-corrected chi connectivity index (χ1v) is 9.86. The molecule has 2 heterocycles. The molecular formula is C23H23F2NO5. The Hall–Kier alpha value is -3.42. The van der Waals surface area contributed by atoms with Crippen LogP contribution in [0.4, 0.5) is 8.78 Å². The second-order valence-electron chi connectivity index (χ2n) is 6.87. The maximum absolute atomic E-state index is 14.2. The summed E-state index contributed by atoms with van der Waals surface area (Å²) >= 11 is 0. The molecule has 0 spiro atoms. The lowest BCUT2D eigenvalue weighted by Crippen LogP contribution is -2.32. The van der Waals surface area contributed by atoms with E-state index in [1.54, 1.807) is 27.7 Å². The minimum Gasteiger partial charge on any atom is -0.463 e. The normalized spacial score (nSPS) is 14.5. The van der Waals surface area contributed by atoms with Crippen LogP contribution < -0.4 is 5.32 Å². The van der Waals surface area contributed by atoms with Crippen LogP contribution >= 0.6 is 0 Å². The Kier molecular flexibility index (Phi) is 6.58. The summed E-state index contributed by atoms with van der Waals surface area (Å²) in [5.41, 5.74) is 0.934. The van der Waals surface area contributed by atoms with Crippen molar-refractivity contribution in [3.8, 4) is 11.3 Å². The number of benzene rings is 1. The molecule has 0 unspecified atom stereocenters. The highest BCUT2D eigenvalue weighted by atomic mass is 19.1. The highest BCUT2D eigenvalue weighted by molar-refractivity contribution is 5.99. The third kappa shape index (κ3) is 4.23. The van der Waals surface area contributed by atoms with E-state index in [-0.39, 0.29) is 41.4 Å². The Morgan fingerprint density at radius 3 is 1.94 bits per heavy atom. The lowest BCUT2D eigenvalue weighted by molar-refractivity contribution is -0.139. The topological polar surface area (TPSA) is 77.8 Å². The third-order valence-electron chi connectivity index (χ3n) is 4.87. The number of nitrogens with one attached hydrogen (secondary N) is 1. The van der Waals surface area contributed by atoms with E-state index in [1.165, 1.54) is 18.2 Å². The van der Waals surface area contributed by atoms with Crippen molar-refractivity contribution in [3.05, 3.63) is 70.3 Å². The maximum atomic E-state index is 14.2. The summed E-state index contributed by atoms with van der Waals surface area (Å²) in [6.07, 6.45) is 0. The van der Waals surface area contributed by atoms with E-state index < -0.39 is 29.5 Å². The molecule has 164 valence electrons. The first-order chi connectivity index (χ1) is 14.8. The molecule has 0 amide bonds. The summed E-state index contributed by atoms with van der Waals surface area (Å²) < 4.78 is 44.7. The van der Waals surface area contributed by atoms with Crippen LogP contribution in [0.15, 0.2) is 57.3 Å². The molecule has 0 atom stereocenters. The van der Waals surface area contributed by atoms with Crippen molar-refractivity contribution >= 4 is 11.9 Å². The molecule has 8 heteroatoms. The van der Waals surface area contributed by atoms with Crippen LogP contribution in [0.5, 0.6) is 0 Å². The highest BCUT2D eigenvalue weighted by Crippen LogP contribution is 2.41. The number of hydrogen-bond donors (Lipinski definition) is 1. The Balaban J connectivity index is 2.17. The van der Waals surface area contributed by atoms with Gasteiger partial charge in [-0.1, -0.05) is 6.07 Å². The fourth-order valence-electron chi connectivity index (χ4n) is 3.61. The molecule has 0 bridgehead atoms. The van der Waals surface area contributed by atoms with Crippen molar-refractivity contribution in [2.75, 3.05) is 13.2 Å². The van der Waals surface area contributed by atoms with Gasteiger partial charge in [0.1, 0.15) is 23.2 Å². The van der Waals surface area contributed by atoms with E-state index in [1.807, 2.05) is 0 Å². The van der Waals surface area contributed by atoms with Gasteiger partial charge in [-0.25, -0.2) is 18.4 Å². The lowest BCUT2D eigenvalue weighted by atomic mass is 9.83. The Bertz CT molecular complexity index is 1020. The van der Waals surface area contributed by atoms with Crippen LogP contribution in [-0.2, 0) is 19.1 Å². The predicted octanol–water partition coefficient (Wildman–Crippen LogP) is 4.59. The molecule has 1 aliphatic rings. The van der Waals surface area contributed by atoms with Gasteiger partial charge in [-0.05, 0) is 52.0 Å². The number of carbonyl (C=O) groups is 2. The Morgan fingerprint density at radius 1 is 0.935 bits per heavy atom. The Labute approximate surface area is 178 Å². The first-order valence-electron chi connectivity index (χ1n) is 9.86. The molecule has 0 radical (unpaired) electrons. The van der Waals surface area contributed by atoms with Crippen molar-refractivity contribution in [2.24, 2.45) is 0 Å². The number of esters is 2. The van der Waals surface area contributed by atoms with Gasteiger partial charge in [0.2, 0.25) is 0 Å². The molecule has 31 heavy (non-hydrogen) atoms. The number of ether oxygens (including phenoxy) is 2. The fraction of sp³-hybridized carbons (Fsp3) is 0.304. The van der Waals surface area contributed by atoms with Crippen LogP contribution in [0, 0.1) is 11.6 Å². The largest absolute Gasteiger partial charge is 0.463 e. The van der Waals surface area contributed by atoms with E-state index >= 15 is 0 Å². The molecule has 1 aromatic carbocycles. The summed E-state index contributed by atoms with van der Waals surface area (Å²) in [5.74, 6) is -3.73. The van der Waals surface area contributed by atoms with Gasteiger partial charge in [0, 0.05) is 11.4 Å². The minimum absolute atomic E-state index is 0.0640. The first kappa shape index (κ1) is 22.3. The van der Waals surface area contributed by atoms with Gasteiger partial charge in [0.25, 0.3) is 0 Å². The molecular weight excluding hydrogens is 408 g/mol. The van der Waals surface area contributed by atoms with Gasteiger partial charge in [0.05, 0.1) is 35.8 Å². The van der Waals surface area contributed by atoms with Gasteiger partial charge in [0.15, 0.2) is 0 Å². The zero-order chi connectivity index (χ0) is 22.7. The van der Waals surface area contributed by atoms with E-state index in [0.29, 0.717) is 11.4 Å². The molecule has 0 saturated carbocycles. The van der Waals surface area contributed by atoms with Crippen molar-refractivity contribution in [2.45, 2.75) is 33.6 Å². The second kappa shape index (κ2) is 9.16.